The van der Waals surface area contributed by atoms with Crippen molar-refractivity contribution < 1.29 is 24.2 Å². The predicted octanol–water partition coefficient (Wildman–Crippen LogP) is 1.96. The molecule has 0 aliphatic carbocycles. The van der Waals surface area contributed by atoms with Crippen molar-refractivity contribution >= 4 is 57.3 Å². The van der Waals surface area contributed by atoms with Gasteiger partial charge in [0.2, 0.25) is 0 Å². The van der Waals surface area contributed by atoms with Crippen molar-refractivity contribution in [3.63, 3.8) is 0 Å². The van der Waals surface area contributed by atoms with Gasteiger partial charge in [-0.2, -0.15) is 0 Å². The second kappa shape index (κ2) is 6.31. The number of alkyl halides is 1. The number of ether oxygens (including phenoxy) is 1. The summed E-state index contributed by atoms with van der Waals surface area (Å²) in [6, 6.07) is 0. The van der Waals surface area contributed by atoms with Gasteiger partial charge >= 0.3 is 11.9 Å². The van der Waals surface area contributed by atoms with Crippen molar-refractivity contribution in [2.75, 3.05) is 5.75 Å². The Morgan fingerprint density at radius 2 is 2.31 bits per heavy atom. The number of fused-ring (bicyclic) bond motifs is 2. The van der Waals surface area contributed by atoms with Gasteiger partial charge in [0, 0.05) is 30.8 Å². The Kier molecular flexibility index (Phi) is 4.35. The Morgan fingerprint density at radius 1 is 1.54 bits per heavy atom. The van der Waals surface area contributed by atoms with Gasteiger partial charge < -0.3 is 14.4 Å². The van der Waals surface area contributed by atoms with Crippen molar-refractivity contribution in [3.8, 4) is 0 Å². The van der Waals surface area contributed by atoms with Crippen LogP contribution in [0, 0.1) is 0 Å². The van der Waals surface area contributed by atoms with Gasteiger partial charge in [-0.15, -0.1) is 11.8 Å². The lowest BCUT2D eigenvalue weighted by molar-refractivity contribution is -0.162. The molecule has 26 heavy (non-hydrogen) atoms. The third kappa shape index (κ3) is 2.51. The van der Waals surface area contributed by atoms with Crippen LogP contribution in [0.2, 0.25) is 0 Å². The smallest absolute Gasteiger partial charge is 0.353 e. The molecule has 1 N–H and O–H groups in total. The Bertz CT molecular complexity index is 833. The number of thioether (sulfide) groups is 2. The van der Waals surface area contributed by atoms with Crippen LogP contribution in [0.25, 0.3) is 0 Å². The second-order valence-corrected chi connectivity index (χ2v) is 9.40. The Hall–Kier alpha value is -1.46. The molecule has 0 bridgehead atoms. The third-order valence-corrected chi connectivity index (χ3v) is 8.16. The fraction of sp³-hybridized carbons (Fsp3) is 0.467. The van der Waals surface area contributed by atoms with Gasteiger partial charge in [-0.05, 0) is 6.42 Å². The summed E-state index contributed by atoms with van der Waals surface area (Å²) in [7, 11) is 0. The van der Waals surface area contributed by atoms with Gasteiger partial charge in [0.25, 0.3) is 5.91 Å². The molecule has 4 rings (SSSR count). The highest BCUT2D eigenvalue weighted by Crippen LogP contribution is 2.57. The minimum atomic E-state index is -1.26. The average Bonchev–Trinajstić information content (AvgIpc) is 3.21. The van der Waals surface area contributed by atoms with Gasteiger partial charge in [-0.3, -0.25) is 14.5 Å². The summed E-state index contributed by atoms with van der Waals surface area (Å²) in [5.74, 6) is -1.19. The molecule has 0 aromatic carbocycles. The molecule has 3 atom stereocenters. The van der Waals surface area contributed by atoms with Crippen LogP contribution in [-0.4, -0.2) is 52.9 Å². The number of carboxylic acid groups (broad SMARTS) is 1. The highest BCUT2D eigenvalue weighted by molar-refractivity contribution is 9.10. The predicted molar refractivity (Wildman–Crippen MR) is 97.7 cm³/mol. The number of halogens is 1. The molecular weight excluding hydrogens is 446 g/mol. The Balaban J connectivity index is 1.70. The van der Waals surface area contributed by atoms with Crippen molar-refractivity contribution in [2.24, 2.45) is 0 Å². The van der Waals surface area contributed by atoms with Crippen LogP contribution in [-0.2, 0) is 25.7 Å². The van der Waals surface area contributed by atoms with E-state index >= 15 is 0 Å². The molecule has 3 aliphatic heterocycles. The quantitative estimate of drug-likeness (QED) is 0.414. The Morgan fingerprint density at radius 3 is 2.96 bits per heavy atom. The molecule has 1 fully saturated rings. The van der Waals surface area contributed by atoms with Gasteiger partial charge in [0.05, 0.1) is 0 Å². The lowest BCUT2D eigenvalue weighted by Crippen LogP contribution is -2.70. The average molecular weight is 460 g/mol. The first-order valence-corrected chi connectivity index (χ1v) is 10.5. The number of hydrogen-bond acceptors (Lipinski definition) is 7. The molecule has 0 radical (unpaired) electrons. The summed E-state index contributed by atoms with van der Waals surface area (Å²) in [6.45, 7) is 2.10. The monoisotopic (exact) mass is 459 g/mol. The van der Waals surface area contributed by atoms with E-state index in [2.05, 4.69) is 20.9 Å². The lowest BCUT2D eigenvalue weighted by atomic mass is 9.89. The van der Waals surface area contributed by atoms with E-state index in [0.717, 1.165) is 23.9 Å². The molecule has 0 saturated carbocycles. The van der Waals surface area contributed by atoms with Crippen LogP contribution in [0.15, 0.2) is 22.5 Å². The van der Waals surface area contributed by atoms with Crippen molar-refractivity contribution in [2.45, 2.75) is 40.8 Å². The fourth-order valence-corrected chi connectivity index (χ4v) is 6.45. The number of carbonyl (C=O) groups is 3. The van der Waals surface area contributed by atoms with Gasteiger partial charge in [0.1, 0.15) is 16.8 Å². The molecule has 2 unspecified atom stereocenters. The molecule has 4 heterocycles. The zero-order valence-corrected chi connectivity index (χ0v) is 16.8. The molecule has 8 nitrogen and oxygen atoms in total. The molecule has 1 aromatic heterocycles. The van der Waals surface area contributed by atoms with Crippen LogP contribution >= 0.6 is 39.5 Å². The molecular formula is C15H14BrN3O5S2. The zero-order chi connectivity index (χ0) is 18.6. The first kappa shape index (κ1) is 17.9. The highest BCUT2D eigenvalue weighted by atomic mass is 79.9. The maximum absolute atomic E-state index is 12.8. The summed E-state index contributed by atoms with van der Waals surface area (Å²) in [4.78, 5) is 41.6. The van der Waals surface area contributed by atoms with Gasteiger partial charge in [-0.1, -0.05) is 27.7 Å². The molecule has 138 valence electrons. The van der Waals surface area contributed by atoms with E-state index in [1.54, 1.807) is 18.0 Å². The summed E-state index contributed by atoms with van der Waals surface area (Å²) in [5, 5.41) is 11.0. The first-order valence-electron chi connectivity index (χ1n) is 7.82. The minimum absolute atomic E-state index is 0.0682. The van der Waals surface area contributed by atoms with Crippen LogP contribution in [0.3, 0.4) is 0 Å². The third-order valence-electron chi connectivity index (χ3n) is 4.39. The van der Waals surface area contributed by atoms with E-state index in [9.17, 15) is 19.5 Å². The van der Waals surface area contributed by atoms with Gasteiger partial charge in [0.15, 0.2) is 15.6 Å². The Labute approximate surface area is 165 Å². The normalized spacial score (nSPS) is 27.9. The van der Waals surface area contributed by atoms with Crippen LogP contribution < -0.4 is 0 Å². The summed E-state index contributed by atoms with van der Waals surface area (Å²) in [5.41, 5.74) is 0.417. The molecule has 1 saturated heterocycles. The number of nitrogens with zero attached hydrogens (tertiary/aromatic N) is 3. The number of rotatable bonds is 4. The van der Waals surface area contributed by atoms with Crippen LogP contribution in [0.1, 0.15) is 25.1 Å². The van der Waals surface area contributed by atoms with Gasteiger partial charge in [-0.25, -0.2) is 9.78 Å². The van der Waals surface area contributed by atoms with Crippen molar-refractivity contribution in [1.29, 1.82) is 0 Å². The number of carbonyl (C=O) groups excluding carboxylic acids is 2. The molecule has 1 aromatic rings. The SMILES string of the molecule is CC(=O)OC(c1cn2c(n1)SCCC2)C1(Br)C(=O)N2C(C(=O)O)=CS[C@@H]21. The molecule has 0 spiro atoms. The number of aromatic nitrogens is 2. The summed E-state index contributed by atoms with van der Waals surface area (Å²) < 4.78 is 6.22. The van der Waals surface area contributed by atoms with E-state index in [0.29, 0.717) is 5.69 Å². The maximum Gasteiger partial charge on any atom is 0.353 e. The van der Waals surface area contributed by atoms with E-state index in [-0.39, 0.29) is 5.70 Å². The number of β-lactam (4-membered cyclic amide) rings is 1. The maximum atomic E-state index is 12.8. The number of aryl methyl sites for hydroxylation is 1. The standard InChI is InChI=1S/C15H14BrN3O5S2/c1-7(20)24-10(8-5-18-3-2-4-25-14(18)17-8)15(16)12(23)19-9(11(21)22)6-26-13(15)19/h5-6,10,13H,2-4H2,1H3,(H,21,22)/t10?,13-,15?/m1/s1. The number of hydrogen-bond donors (Lipinski definition) is 1. The van der Waals surface area contributed by atoms with Crippen LogP contribution in [0.5, 0.6) is 0 Å². The van der Waals surface area contributed by atoms with E-state index in [1.807, 2.05) is 4.57 Å². The van der Waals surface area contributed by atoms with E-state index in [4.69, 9.17) is 4.74 Å². The largest absolute Gasteiger partial charge is 0.477 e. The summed E-state index contributed by atoms with van der Waals surface area (Å²) >= 11 is 6.29. The van der Waals surface area contributed by atoms with E-state index < -0.39 is 33.6 Å². The number of amides is 1. The minimum Gasteiger partial charge on any atom is -0.477 e. The highest BCUT2D eigenvalue weighted by Gasteiger charge is 2.69. The molecule has 1 amide bonds. The number of imidazole rings is 1. The number of carboxylic acids is 1. The van der Waals surface area contributed by atoms with Crippen molar-refractivity contribution in [1.82, 2.24) is 14.5 Å². The lowest BCUT2D eigenvalue weighted by Gasteiger charge is -2.51. The zero-order valence-electron chi connectivity index (χ0n) is 13.5. The summed E-state index contributed by atoms with van der Waals surface area (Å²) in [6.07, 6.45) is 1.88. The second-order valence-electron chi connectivity index (χ2n) is 6.07. The fourth-order valence-electron chi connectivity index (χ4n) is 3.24. The van der Waals surface area contributed by atoms with E-state index in [1.165, 1.54) is 29.0 Å². The topological polar surface area (TPSA) is 102 Å². The van der Waals surface area contributed by atoms with Crippen molar-refractivity contribution in [3.05, 3.63) is 23.0 Å². The number of aliphatic carboxylic acids is 1. The molecule has 3 aliphatic rings. The first-order chi connectivity index (χ1) is 12.3. The molecule has 11 heteroatoms. The number of esters is 1. The van der Waals surface area contributed by atoms with Crippen LogP contribution in [0.4, 0.5) is 0 Å².